The minimum absolute atomic E-state index is 0.182. The van der Waals surface area contributed by atoms with Crippen LogP contribution in [0.3, 0.4) is 0 Å². The molecule has 0 bridgehead atoms. The number of carbonyl (C=O) groups excluding carboxylic acids is 1. The van der Waals surface area contributed by atoms with Crippen LogP contribution in [-0.2, 0) is 4.79 Å². The van der Waals surface area contributed by atoms with Crippen LogP contribution >= 0.6 is 0 Å². The second-order valence-corrected chi connectivity index (χ2v) is 6.67. The zero-order chi connectivity index (χ0) is 13.8. The molecule has 4 atom stereocenters. The molecular formula is C15H29N3O. The summed E-state index contributed by atoms with van der Waals surface area (Å²) in [5.41, 5.74) is 5.96. The minimum atomic E-state index is 0.182. The first-order valence-corrected chi connectivity index (χ1v) is 7.78. The molecule has 1 aliphatic heterocycles. The number of hydrogen-bond acceptors (Lipinski definition) is 3. The number of hydrogen-bond donors (Lipinski definition) is 2. The molecule has 110 valence electrons. The maximum atomic E-state index is 12.3. The lowest BCUT2D eigenvalue weighted by Crippen LogP contribution is -2.44. The fourth-order valence-corrected chi connectivity index (χ4v) is 3.64. The van der Waals surface area contributed by atoms with Crippen LogP contribution in [0.5, 0.6) is 0 Å². The molecule has 1 heterocycles. The molecule has 2 rings (SSSR count). The van der Waals surface area contributed by atoms with Crippen LogP contribution in [-0.4, -0.2) is 43.5 Å². The van der Waals surface area contributed by atoms with Gasteiger partial charge in [0.05, 0.1) is 0 Å². The van der Waals surface area contributed by atoms with Crippen molar-refractivity contribution in [2.45, 2.75) is 45.1 Å². The van der Waals surface area contributed by atoms with Gasteiger partial charge in [0.15, 0.2) is 0 Å². The van der Waals surface area contributed by atoms with E-state index in [0.29, 0.717) is 17.9 Å². The Hall–Kier alpha value is -0.610. The molecule has 0 spiro atoms. The van der Waals surface area contributed by atoms with Crippen molar-refractivity contribution in [2.75, 3.05) is 26.7 Å². The molecule has 4 unspecified atom stereocenters. The molecule has 0 aromatic heterocycles. The molecule has 0 aromatic rings. The van der Waals surface area contributed by atoms with Crippen molar-refractivity contribution in [2.24, 2.45) is 23.5 Å². The van der Waals surface area contributed by atoms with Gasteiger partial charge in [-0.2, -0.15) is 0 Å². The van der Waals surface area contributed by atoms with Crippen LogP contribution in [0.25, 0.3) is 0 Å². The number of carbonyl (C=O) groups is 1. The Morgan fingerprint density at radius 1 is 1.37 bits per heavy atom. The van der Waals surface area contributed by atoms with Crippen LogP contribution in [0.1, 0.15) is 39.0 Å². The summed E-state index contributed by atoms with van der Waals surface area (Å²) >= 11 is 0. The average Bonchev–Trinajstić information content (AvgIpc) is 2.36. The minimum Gasteiger partial charge on any atom is -0.356 e. The Kier molecular flexibility index (Phi) is 5.22. The van der Waals surface area contributed by atoms with E-state index in [1.165, 1.54) is 19.4 Å². The van der Waals surface area contributed by atoms with Crippen LogP contribution in [0.15, 0.2) is 0 Å². The van der Waals surface area contributed by atoms with E-state index in [-0.39, 0.29) is 11.8 Å². The standard InChI is InChI=1S/C15H29N3O/c1-11-8-13(16)5-6-14(11)15(19)17-9-12-4-3-7-18(2)10-12/h11-14H,3-10,16H2,1-2H3,(H,17,19). The summed E-state index contributed by atoms with van der Waals surface area (Å²) in [6.07, 6.45) is 5.44. The summed E-state index contributed by atoms with van der Waals surface area (Å²) in [6.45, 7) is 5.32. The zero-order valence-corrected chi connectivity index (χ0v) is 12.4. The molecule has 1 amide bonds. The largest absolute Gasteiger partial charge is 0.356 e. The second-order valence-electron chi connectivity index (χ2n) is 6.67. The lowest BCUT2D eigenvalue weighted by Gasteiger charge is -2.33. The molecule has 1 saturated carbocycles. The van der Waals surface area contributed by atoms with E-state index in [1.807, 2.05) is 0 Å². The predicted octanol–water partition coefficient (Wildman–Crippen LogP) is 1.21. The molecule has 0 aromatic carbocycles. The van der Waals surface area contributed by atoms with Crippen molar-refractivity contribution in [1.82, 2.24) is 10.2 Å². The normalized spacial score (nSPS) is 37.0. The summed E-state index contributed by atoms with van der Waals surface area (Å²) in [5, 5.41) is 3.18. The molecular weight excluding hydrogens is 238 g/mol. The fourth-order valence-electron chi connectivity index (χ4n) is 3.64. The molecule has 1 aliphatic carbocycles. The number of nitrogens with one attached hydrogen (secondary N) is 1. The summed E-state index contributed by atoms with van der Waals surface area (Å²) < 4.78 is 0. The van der Waals surface area contributed by atoms with E-state index < -0.39 is 0 Å². The van der Waals surface area contributed by atoms with Crippen molar-refractivity contribution in [3.05, 3.63) is 0 Å². The Bertz CT molecular complexity index is 308. The van der Waals surface area contributed by atoms with E-state index in [9.17, 15) is 4.79 Å². The Balaban J connectivity index is 1.74. The first-order valence-electron chi connectivity index (χ1n) is 7.78. The SMILES string of the molecule is CC1CC(N)CCC1C(=O)NCC1CCCN(C)C1. The van der Waals surface area contributed by atoms with Gasteiger partial charge in [0.1, 0.15) is 0 Å². The molecule has 4 nitrogen and oxygen atoms in total. The summed E-state index contributed by atoms with van der Waals surface area (Å²) in [7, 11) is 2.17. The van der Waals surface area contributed by atoms with Gasteiger partial charge in [-0.15, -0.1) is 0 Å². The highest BCUT2D eigenvalue weighted by Crippen LogP contribution is 2.29. The van der Waals surface area contributed by atoms with E-state index in [2.05, 4.69) is 24.2 Å². The second kappa shape index (κ2) is 6.71. The first-order chi connectivity index (χ1) is 9.06. The van der Waals surface area contributed by atoms with Gasteiger partial charge in [0.2, 0.25) is 5.91 Å². The van der Waals surface area contributed by atoms with E-state index in [0.717, 1.165) is 32.4 Å². The quantitative estimate of drug-likeness (QED) is 0.808. The van der Waals surface area contributed by atoms with E-state index >= 15 is 0 Å². The zero-order valence-electron chi connectivity index (χ0n) is 12.4. The molecule has 2 fully saturated rings. The number of nitrogens with two attached hydrogens (primary N) is 1. The molecule has 2 aliphatic rings. The van der Waals surface area contributed by atoms with Crippen LogP contribution in [0, 0.1) is 17.8 Å². The van der Waals surface area contributed by atoms with Crippen LogP contribution in [0.2, 0.25) is 0 Å². The van der Waals surface area contributed by atoms with Gasteiger partial charge in [0, 0.05) is 25.0 Å². The highest BCUT2D eigenvalue weighted by Gasteiger charge is 2.31. The van der Waals surface area contributed by atoms with Gasteiger partial charge in [-0.3, -0.25) is 4.79 Å². The number of likely N-dealkylation sites (tertiary alicyclic amines) is 1. The number of amides is 1. The maximum Gasteiger partial charge on any atom is 0.223 e. The third-order valence-electron chi connectivity index (χ3n) is 4.83. The topological polar surface area (TPSA) is 58.4 Å². The van der Waals surface area contributed by atoms with Crippen LogP contribution in [0.4, 0.5) is 0 Å². The van der Waals surface area contributed by atoms with Gasteiger partial charge >= 0.3 is 0 Å². The summed E-state index contributed by atoms with van der Waals surface area (Å²) in [5.74, 6) is 1.50. The Morgan fingerprint density at radius 3 is 2.84 bits per heavy atom. The van der Waals surface area contributed by atoms with Gasteiger partial charge < -0.3 is 16.0 Å². The summed E-state index contributed by atoms with van der Waals surface area (Å²) in [4.78, 5) is 14.6. The van der Waals surface area contributed by atoms with E-state index in [4.69, 9.17) is 5.73 Å². The van der Waals surface area contributed by atoms with Gasteiger partial charge in [-0.25, -0.2) is 0 Å². The van der Waals surface area contributed by atoms with Gasteiger partial charge in [-0.1, -0.05) is 6.92 Å². The highest BCUT2D eigenvalue weighted by atomic mass is 16.1. The van der Waals surface area contributed by atoms with Crippen molar-refractivity contribution >= 4 is 5.91 Å². The number of nitrogens with zero attached hydrogens (tertiary/aromatic N) is 1. The van der Waals surface area contributed by atoms with Crippen molar-refractivity contribution in [3.63, 3.8) is 0 Å². The maximum absolute atomic E-state index is 12.3. The summed E-state index contributed by atoms with van der Waals surface area (Å²) in [6, 6.07) is 0.297. The fraction of sp³-hybridized carbons (Fsp3) is 0.933. The number of piperidine rings is 1. The van der Waals surface area contributed by atoms with Crippen molar-refractivity contribution < 1.29 is 4.79 Å². The lowest BCUT2D eigenvalue weighted by molar-refractivity contribution is -0.127. The Labute approximate surface area is 117 Å². The van der Waals surface area contributed by atoms with E-state index in [1.54, 1.807) is 0 Å². The van der Waals surface area contributed by atoms with Crippen molar-refractivity contribution in [1.29, 1.82) is 0 Å². The first kappa shape index (κ1) is 14.8. The highest BCUT2D eigenvalue weighted by molar-refractivity contribution is 5.79. The smallest absolute Gasteiger partial charge is 0.223 e. The predicted molar refractivity (Wildman–Crippen MR) is 77.7 cm³/mol. The molecule has 3 N–H and O–H groups in total. The lowest BCUT2D eigenvalue weighted by atomic mass is 9.77. The number of rotatable bonds is 3. The van der Waals surface area contributed by atoms with Crippen molar-refractivity contribution in [3.8, 4) is 0 Å². The van der Waals surface area contributed by atoms with Gasteiger partial charge in [0.25, 0.3) is 0 Å². The van der Waals surface area contributed by atoms with Gasteiger partial charge in [-0.05, 0) is 57.5 Å². The Morgan fingerprint density at radius 2 is 2.16 bits per heavy atom. The third-order valence-corrected chi connectivity index (χ3v) is 4.83. The molecule has 0 radical (unpaired) electrons. The van der Waals surface area contributed by atoms with Crippen LogP contribution < -0.4 is 11.1 Å². The monoisotopic (exact) mass is 267 g/mol. The third kappa shape index (κ3) is 4.18. The molecule has 1 saturated heterocycles. The molecule has 19 heavy (non-hydrogen) atoms. The molecule has 4 heteroatoms. The average molecular weight is 267 g/mol.